The van der Waals surface area contributed by atoms with Crippen molar-refractivity contribution in [3.63, 3.8) is 0 Å². The van der Waals surface area contributed by atoms with Crippen molar-refractivity contribution in [2.24, 2.45) is 11.8 Å². The average Bonchev–Trinajstić information content (AvgIpc) is 2.72. The van der Waals surface area contributed by atoms with Crippen LogP contribution in [0.1, 0.15) is 57.3 Å². The predicted molar refractivity (Wildman–Crippen MR) is 114 cm³/mol. The molecule has 1 aromatic carbocycles. The molecular weight excluding hydrogens is 385 g/mol. The fraction of sp³-hybridized carbons (Fsp3) is 0.609. The standard InChI is InChI=1S/C23H34FN3O3/c1-5-26(6-2)23(30)21(25-22(29)18-7-9-19(24)10-8-18)17-11-13-27(14-12-17)20(28)15-16(3)4/h7-10,16-17,21H,5-6,11-15H2,1-4H3,(H,25,29). The van der Waals surface area contributed by atoms with E-state index < -0.39 is 11.9 Å². The predicted octanol–water partition coefficient (Wildman–Crippen LogP) is 3.08. The van der Waals surface area contributed by atoms with Gasteiger partial charge in [-0.1, -0.05) is 13.8 Å². The fourth-order valence-corrected chi connectivity index (χ4v) is 3.90. The first kappa shape index (κ1) is 23.8. The lowest BCUT2D eigenvalue weighted by atomic mass is 9.87. The molecule has 1 aliphatic rings. The van der Waals surface area contributed by atoms with Gasteiger partial charge in [0.2, 0.25) is 11.8 Å². The number of carbonyl (C=O) groups is 3. The van der Waals surface area contributed by atoms with Gasteiger partial charge in [-0.25, -0.2) is 4.39 Å². The molecule has 1 heterocycles. The smallest absolute Gasteiger partial charge is 0.251 e. The van der Waals surface area contributed by atoms with Crippen LogP contribution in [0.3, 0.4) is 0 Å². The van der Waals surface area contributed by atoms with Crippen molar-refractivity contribution in [3.8, 4) is 0 Å². The van der Waals surface area contributed by atoms with Crippen molar-refractivity contribution >= 4 is 17.7 Å². The third kappa shape index (κ3) is 6.28. The van der Waals surface area contributed by atoms with Crippen molar-refractivity contribution in [2.45, 2.75) is 53.0 Å². The highest BCUT2D eigenvalue weighted by atomic mass is 19.1. The van der Waals surface area contributed by atoms with Crippen molar-refractivity contribution in [1.29, 1.82) is 0 Å². The normalized spacial score (nSPS) is 15.7. The van der Waals surface area contributed by atoms with Gasteiger partial charge in [0, 0.05) is 38.2 Å². The van der Waals surface area contributed by atoms with Crippen LogP contribution in [0.4, 0.5) is 4.39 Å². The molecule has 1 aliphatic heterocycles. The summed E-state index contributed by atoms with van der Waals surface area (Å²) in [6.07, 6.45) is 1.84. The summed E-state index contributed by atoms with van der Waals surface area (Å²) in [4.78, 5) is 41.8. The Morgan fingerprint density at radius 1 is 1.10 bits per heavy atom. The summed E-state index contributed by atoms with van der Waals surface area (Å²) in [6.45, 7) is 10.2. The summed E-state index contributed by atoms with van der Waals surface area (Å²) in [7, 11) is 0. The molecule has 30 heavy (non-hydrogen) atoms. The Bertz CT molecular complexity index is 724. The summed E-state index contributed by atoms with van der Waals surface area (Å²) in [5.41, 5.74) is 0.318. The highest BCUT2D eigenvalue weighted by Crippen LogP contribution is 2.24. The minimum Gasteiger partial charge on any atom is -0.343 e. The zero-order valence-electron chi connectivity index (χ0n) is 18.5. The Hall–Kier alpha value is -2.44. The Morgan fingerprint density at radius 2 is 1.67 bits per heavy atom. The van der Waals surface area contributed by atoms with Gasteiger partial charge in [-0.2, -0.15) is 0 Å². The lowest BCUT2D eigenvalue weighted by Crippen LogP contribution is -2.54. The molecule has 0 aliphatic carbocycles. The minimum atomic E-state index is -0.662. The molecule has 0 saturated carbocycles. The maximum atomic E-state index is 13.2. The average molecular weight is 420 g/mol. The molecule has 0 radical (unpaired) electrons. The molecule has 6 nitrogen and oxygen atoms in total. The molecule has 2 rings (SSSR count). The summed E-state index contributed by atoms with van der Waals surface area (Å²) >= 11 is 0. The van der Waals surface area contributed by atoms with Gasteiger partial charge in [0.1, 0.15) is 11.9 Å². The van der Waals surface area contributed by atoms with E-state index >= 15 is 0 Å². The van der Waals surface area contributed by atoms with Crippen LogP contribution in [-0.4, -0.2) is 59.7 Å². The van der Waals surface area contributed by atoms with E-state index in [4.69, 9.17) is 0 Å². The molecule has 1 aromatic rings. The number of piperidine rings is 1. The molecule has 0 aromatic heterocycles. The zero-order valence-corrected chi connectivity index (χ0v) is 18.5. The van der Waals surface area contributed by atoms with E-state index in [1.807, 2.05) is 32.6 Å². The second kappa shape index (κ2) is 11.1. The van der Waals surface area contributed by atoms with Crippen molar-refractivity contribution in [3.05, 3.63) is 35.6 Å². The van der Waals surface area contributed by atoms with Crippen molar-refractivity contribution in [2.75, 3.05) is 26.2 Å². The largest absolute Gasteiger partial charge is 0.343 e. The molecule has 1 atom stereocenters. The number of halogens is 1. The lowest BCUT2D eigenvalue weighted by molar-refractivity contribution is -0.136. The maximum absolute atomic E-state index is 13.2. The molecule has 0 spiro atoms. The number of amides is 3. The molecule has 1 saturated heterocycles. The number of nitrogens with one attached hydrogen (secondary N) is 1. The van der Waals surface area contributed by atoms with Crippen LogP contribution in [0.15, 0.2) is 24.3 Å². The summed E-state index contributed by atoms with van der Waals surface area (Å²) < 4.78 is 13.2. The van der Waals surface area contributed by atoms with E-state index in [1.165, 1.54) is 24.3 Å². The molecule has 3 amide bonds. The van der Waals surface area contributed by atoms with Crippen LogP contribution in [0.25, 0.3) is 0 Å². The Balaban J connectivity index is 2.12. The van der Waals surface area contributed by atoms with Crippen LogP contribution in [-0.2, 0) is 9.59 Å². The van der Waals surface area contributed by atoms with Crippen LogP contribution in [0.2, 0.25) is 0 Å². The van der Waals surface area contributed by atoms with E-state index in [2.05, 4.69) is 5.32 Å². The van der Waals surface area contributed by atoms with Gasteiger partial charge >= 0.3 is 0 Å². The molecule has 1 unspecified atom stereocenters. The van der Waals surface area contributed by atoms with E-state index in [1.54, 1.807) is 4.90 Å². The van der Waals surface area contributed by atoms with E-state index in [0.717, 1.165) is 0 Å². The van der Waals surface area contributed by atoms with E-state index in [-0.39, 0.29) is 23.6 Å². The topological polar surface area (TPSA) is 69.7 Å². The Kier molecular flexibility index (Phi) is 8.81. The van der Waals surface area contributed by atoms with Crippen LogP contribution < -0.4 is 5.32 Å². The number of hydrogen-bond donors (Lipinski definition) is 1. The van der Waals surface area contributed by atoms with Crippen molar-refractivity contribution in [1.82, 2.24) is 15.1 Å². The van der Waals surface area contributed by atoms with Gasteiger partial charge in [-0.05, 0) is 62.8 Å². The molecule has 166 valence electrons. The third-order valence-corrected chi connectivity index (χ3v) is 5.68. The van der Waals surface area contributed by atoms with Crippen molar-refractivity contribution < 1.29 is 18.8 Å². The van der Waals surface area contributed by atoms with Crippen LogP contribution in [0.5, 0.6) is 0 Å². The molecule has 1 N–H and O–H groups in total. The highest BCUT2D eigenvalue weighted by Gasteiger charge is 2.35. The quantitative estimate of drug-likeness (QED) is 0.704. The number of likely N-dealkylation sites (N-methyl/N-ethyl adjacent to an activating group) is 1. The fourth-order valence-electron chi connectivity index (χ4n) is 3.90. The monoisotopic (exact) mass is 419 g/mol. The first-order valence-electron chi connectivity index (χ1n) is 10.9. The highest BCUT2D eigenvalue weighted by molar-refractivity contribution is 5.97. The van der Waals surface area contributed by atoms with Gasteiger partial charge in [0.05, 0.1) is 0 Å². The first-order valence-corrected chi connectivity index (χ1v) is 10.9. The van der Waals surface area contributed by atoms with E-state index in [0.29, 0.717) is 56.9 Å². The number of nitrogens with zero attached hydrogens (tertiary/aromatic N) is 2. The van der Waals surface area contributed by atoms with E-state index in [9.17, 15) is 18.8 Å². The number of rotatable bonds is 8. The second-order valence-corrected chi connectivity index (χ2v) is 8.28. The number of carbonyl (C=O) groups excluding carboxylic acids is 3. The zero-order chi connectivity index (χ0) is 22.3. The van der Waals surface area contributed by atoms with Gasteiger partial charge in [-0.15, -0.1) is 0 Å². The third-order valence-electron chi connectivity index (χ3n) is 5.68. The number of likely N-dealkylation sites (tertiary alicyclic amines) is 1. The first-order chi connectivity index (χ1) is 14.3. The summed E-state index contributed by atoms with van der Waals surface area (Å²) in [5.74, 6) is -0.514. The Morgan fingerprint density at radius 3 is 2.17 bits per heavy atom. The molecular formula is C23H34FN3O3. The van der Waals surface area contributed by atoms with Crippen LogP contribution >= 0.6 is 0 Å². The van der Waals surface area contributed by atoms with Gasteiger partial charge < -0.3 is 15.1 Å². The van der Waals surface area contributed by atoms with Crippen LogP contribution in [0, 0.1) is 17.7 Å². The molecule has 7 heteroatoms. The van der Waals surface area contributed by atoms with Gasteiger partial charge in [-0.3, -0.25) is 14.4 Å². The summed E-state index contributed by atoms with van der Waals surface area (Å²) in [5, 5.41) is 2.89. The Labute approximate surface area is 178 Å². The minimum absolute atomic E-state index is 0.0504. The number of hydrogen-bond acceptors (Lipinski definition) is 3. The second-order valence-electron chi connectivity index (χ2n) is 8.28. The molecule has 0 bridgehead atoms. The lowest BCUT2D eigenvalue weighted by Gasteiger charge is -2.37. The maximum Gasteiger partial charge on any atom is 0.251 e. The van der Waals surface area contributed by atoms with Gasteiger partial charge in [0.15, 0.2) is 0 Å². The molecule has 1 fully saturated rings. The summed E-state index contributed by atoms with van der Waals surface area (Å²) in [6, 6.07) is 4.63. The number of benzene rings is 1. The van der Waals surface area contributed by atoms with Gasteiger partial charge in [0.25, 0.3) is 5.91 Å². The SMILES string of the molecule is CCN(CC)C(=O)C(NC(=O)c1ccc(F)cc1)C1CCN(C(=O)CC(C)C)CC1.